The van der Waals surface area contributed by atoms with Crippen LogP contribution in [0.5, 0.6) is 0 Å². The van der Waals surface area contributed by atoms with Crippen LogP contribution in [0.4, 0.5) is 11.6 Å². The van der Waals surface area contributed by atoms with E-state index in [2.05, 4.69) is 320 Å². The van der Waals surface area contributed by atoms with Crippen molar-refractivity contribution in [2.24, 2.45) is 25.0 Å². The SMILES string of the molecule is Cc1ccc(Sc2ccc(Sc3ccc(C)cc3)c(C#N)c2C#N)cc1.Cc1ccc(Sc2ccc(Sc3ccc(C)cc3)c3c2C2=NC3=Nc3c4c(Sc5ccc(C)cc5)ccc(Sc5ccc(C)cc5)c4c4[n]3[Pb][n]3c(c5c(Sc6ccc(C)cc6)ccc(Sc6ccc(C)cc6)c5c3=NC3=NC(N4)c4c(Sc5ccc(C)cc5)ccc(Sc5ccc(C)cc5)c43)=N2)cc1. The van der Waals surface area contributed by atoms with Crippen LogP contribution >= 0.6 is 118 Å². The molecule has 21 heteroatoms. The predicted molar refractivity (Wildman–Crippen MR) is 550 cm³/mol. The summed E-state index contributed by atoms with van der Waals surface area (Å²) in [5.41, 5.74) is 18.6. The molecule has 0 saturated heterocycles. The molecule has 0 spiro atoms. The first kappa shape index (κ1) is 88.1. The van der Waals surface area contributed by atoms with Crippen LogP contribution in [0.15, 0.2) is 426 Å². The van der Waals surface area contributed by atoms with Crippen LogP contribution in [0.1, 0.15) is 95.2 Å². The van der Waals surface area contributed by atoms with Gasteiger partial charge < -0.3 is 0 Å². The third kappa shape index (κ3) is 18.9. The molecule has 6 heterocycles. The minimum atomic E-state index is -2.86. The number of aromatic nitrogens is 2. The molecular weight excluding hydrogens is 1990 g/mol. The predicted octanol–water partition coefficient (Wildman–Crippen LogP) is 30.5. The van der Waals surface area contributed by atoms with E-state index in [1.807, 2.05) is 74.5 Å². The standard InChI is InChI=1S/C88H66N8S8.C22H16N2S2.Pb/c1-49-9-25-57(26-10-49)97-65-41-42-66(98-58-27-11-50(2)12-28-58)74-73(65)81-89-82(74)94-84-77-69(101-61-33-17-53(5)18-34-61)45-46-70(102-62-35-19-54(6)20-36-62)78(77)86(91-84)96-88-80-72(104-64-39-23-56(8)24-40-64)48-47-71(103-63-37-21-55(7)22-38-63)79(80)87(92-88)95-85-76-68(100-60-31-15-52(4)16-32-60)44-43-67(75(76)83(90-85)93-81)99-59-29-13-51(3)14-30-59;1-15-3-7-17(8-4-15)25-21-11-12-22(20(14-24)19(21)13-23)26-18-9-5-16(2)6-10-18;/h9-48,81,93H,1-8H3;3-12H,1-2H3;/q-2;;+2. The summed E-state index contributed by atoms with van der Waals surface area (Å²) >= 11 is 14.4. The molecule has 0 saturated carbocycles. The van der Waals surface area contributed by atoms with Crippen molar-refractivity contribution in [1.82, 2.24) is 4.75 Å². The Labute approximate surface area is 818 Å². The van der Waals surface area contributed by atoms with Gasteiger partial charge in [0.05, 0.1) is 11.1 Å². The summed E-state index contributed by atoms with van der Waals surface area (Å²) in [5.74, 6) is 3.70. The van der Waals surface area contributed by atoms with Gasteiger partial charge in [-0.1, -0.05) is 58.9 Å². The van der Waals surface area contributed by atoms with Gasteiger partial charge in [0.25, 0.3) is 0 Å². The molecule has 10 nitrogen and oxygen atoms in total. The Hall–Kier alpha value is -10.8. The van der Waals surface area contributed by atoms with Crippen molar-refractivity contribution >= 4 is 193 Å². The first-order chi connectivity index (χ1) is 63.8. The van der Waals surface area contributed by atoms with Crippen LogP contribution in [-0.4, -0.2) is 47.1 Å². The fraction of sp³-hybridized carbons (Fsp3) is 0.100. The Morgan fingerprint density at radius 3 is 0.817 bits per heavy atom. The Bertz CT molecular complexity index is 7630. The normalized spacial score (nSPS) is 13.2. The van der Waals surface area contributed by atoms with Crippen LogP contribution in [-0.2, 0) is 0 Å². The van der Waals surface area contributed by atoms with Gasteiger partial charge in [0.15, 0.2) is 0 Å². The van der Waals surface area contributed by atoms with Gasteiger partial charge in [-0.25, -0.2) is 0 Å². The number of nitrogens with zero attached hydrogens (tertiary/aromatic N) is 9. The second kappa shape index (κ2) is 38.4. The molecule has 17 aromatic rings. The number of hydrogen-bond acceptors (Lipinski definition) is 18. The van der Waals surface area contributed by atoms with E-state index >= 15 is 0 Å². The molecule has 4 aliphatic rings. The third-order valence-corrected chi connectivity index (χ3v) is 38.3. The van der Waals surface area contributed by atoms with E-state index in [1.165, 1.54) is 79.2 Å². The minimum absolute atomic E-state index is 0.440. The van der Waals surface area contributed by atoms with Crippen molar-refractivity contribution in [2.75, 3.05) is 5.32 Å². The molecule has 21 rings (SSSR count). The van der Waals surface area contributed by atoms with Crippen LogP contribution in [0, 0.1) is 91.9 Å². The number of aliphatic imine (C=N–C) groups is 3. The van der Waals surface area contributed by atoms with Crippen molar-refractivity contribution in [3.05, 3.63) is 403 Å². The molecular formula is C110H82N10PbS10. The second-order valence-electron chi connectivity index (χ2n) is 32.7. The summed E-state index contributed by atoms with van der Waals surface area (Å²) < 4.78 is 5.20. The van der Waals surface area contributed by atoms with Crippen molar-refractivity contribution < 1.29 is 0 Å². The number of amidine groups is 3. The Morgan fingerprint density at radius 1 is 0.252 bits per heavy atom. The van der Waals surface area contributed by atoms with Gasteiger partial charge in [-0.05, 0) is 50.2 Å². The zero-order chi connectivity index (χ0) is 89.7. The number of rotatable bonds is 20. The van der Waals surface area contributed by atoms with Crippen molar-refractivity contribution in [2.45, 2.75) is 173 Å². The van der Waals surface area contributed by atoms with E-state index in [1.54, 1.807) is 94.1 Å². The van der Waals surface area contributed by atoms with Gasteiger partial charge in [0.2, 0.25) is 0 Å². The third-order valence-electron chi connectivity index (χ3n) is 22.7. The van der Waals surface area contributed by atoms with Crippen molar-refractivity contribution in [3.8, 4) is 12.1 Å². The van der Waals surface area contributed by atoms with Crippen LogP contribution in [0.2, 0.25) is 0 Å². The molecule has 131 heavy (non-hydrogen) atoms. The Balaban J connectivity index is 0.000000354. The summed E-state index contributed by atoms with van der Waals surface area (Å²) in [6.07, 6.45) is -0.605. The first-order valence-corrected chi connectivity index (χ1v) is 54.4. The second-order valence-corrected chi connectivity index (χ2v) is 48.1. The van der Waals surface area contributed by atoms with Crippen LogP contribution in [0.25, 0.3) is 21.5 Å². The number of hydrogen-bond donors (Lipinski definition) is 1. The van der Waals surface area contributed by atoms with E-state index in [4.69, 9.17) is 25.0 Å². The molecule has 4 aliphatic heterocycles. The fourth-order valence-corrected chi connectivity index (χ4v) is 30.1. The van der Waals surface area contributed by atoms with Gasteiger partial charge >= 0.3 is 665 Å². The molecule has 636 valence electrons. The monoisotopic (exact) mass is 2070 g/mol. The van der Waals surface area contributed by atoms with E-state index in [0.717, 1.165) is 164 Å². The Morgan fingerprint density at radius 2 is 0.496 bits per heavy atom. The van der Waals surface area contributed by atoms with E-state index in [9.17, 15) is 10.5 Å². The average molecular weight is 2070 g/mol. The number of fused-ring (bicyclic) bond motifs is 14. The molecule has 2 radical (unpaired) electrons. The van der Waals surface area contributed by atoms with Crippen molar-refractivity contribution in [1.29, 1.82) is 10.5 Å². The van der Waals surface area contributed by atoms with E-state index in [-0.39, 0.29) is 0 Å². The molecule has 2 aromatic heterocycles. The number of benzene rings is 15. The topological polar surface area (TPSA) is 131 Å². The van der Waals surface area contributed by atoms with Gasteiger partial charge in [-0.3, -0.25) is 0 Å². The van der Waals surface area contributed by atoms with Crippen LogP contribution in [0.3, 0.4) is 0 Å². The van der Waals surface area contributed by atoms with Gasteiger partial charge in [0.1, 0.15) is 12.1 Å². The zero-order valence-corrected chi connectivity index (χ0v) is 85.1. The van der Waals surface area contributed by atoms with E-state index < -0.39 is 31.0 Å². The van der Waals surface area contributed by atoms with Gasteiger partial charge in [0, 0.05) is 19.6 Å². The molecule has 0 amide bonds. The van der Waals surface area contributed by atoms with Crippen molar-refractivity contribution in [3.63, 3.8) is 0 Å². The first-order valence-electron chi connectivity index (χ1n) is 42.7. The number of nitrogens with one attached hydrogen (secondary N) is 1. The number of aryl methyl sites for hydroxylation is 10. The molecule has 1 N–H and O–H groups in total. The molecule has 1 unspecified atom stereocenters. The molecule has 0 fully saturated rings. The molecule has 1 atom stereocenters. The molecule has 0 aliphatic carbocycles. The quantitative estimate of drug-likeness (QED) is 0.0727. The number of anilines is 1. The fourth-order valence-electron chi connectivity index (χ4n) is 15.7. The summed E-state index contributed by atoms with van der Waals surface area (Å²) in [6.45, 7) is 21.3. The van der Waals surface area contributed by atoms with Crippen LogP contribution < -0.4 is 16.3 Å². The summed E-state index contributed by atoms with van der Waals surface area (Å²) in [4.78, 5) is 52.3. The maximum absolute atomic E-state index is 9.66. The van der Waals surface area contributed by atoms with E-state index in [0.29, 0.717) is 28.6 Å². The summed E-state index contributed by atoms with van der Waals surface area (Å²) in [7, 11) is 0. The molecule has 15 aromatic carbocycles. The molecule has 6 bridgehead atoms. The Kier molecular flexibility index (Phi) is 25.8. The van der Waals surface area contributed by atoms with Gasteiger partial charge in [-0.2, -0.15) is 10.5 Å². The average Bonchev–Trinajstić information content (AvgIpc) is 1.54. The number of nitriles is 2. The maximum atomic E-state index is 9.66. The summed E-state index contributed by atoms with van der Waals surface area (Å²) in [6, 6.07) is 114. The zero-order valence-electron chi connectivity index (χ0n) is 73.1. The van der Waals surface area contributed by atoms with Gasteiger partial charge in [-0.15, -0.1) is 0 Å². The summed E-state index contributed by atoms with van der Waals surface area (Å²) in [5, 5.41) is 27.9.